The number of hydrogen-bond donors (Lipinski definition) is 0. The zero-order chi connectivity index (χ0) is 13.3. The van der Waals surface area contributed by atoms with Gasteiger partial charge in [0.15, 0.2) is 0 Å². The van der Waals surface area contributed by atoms with E-state index in [0.717, 1.165) is 32.1 Å². The monoisotopic (exact) mass is 241 g/mol. The minimum absolute atomic E-state index is 0.0450. The summed E-state index contributed by atoms with van der Waals surface area (Å²) in [6.45, 7) is 13.1. The first kappa shape index (κ1) is 16.5. The Kier molecular flexibility index (Phi) is 8.28. The van der Waals surface area contributed by atoms with Crippen molar-refractivity contribution < 1.29 is 9.53 Å². The standard InChI is InChI=1S/C15H29O2/c1-6-7-8-9-10-17-14(16)11-13(2)12-15(3,4)5/h13H,1,6-12H2,2-5H3. The molecule has 0 rings (SSSR count). The van der Waals surface area contributed by atoms with Crippen LogP contribution in [0, 0.1) is 18.3 Å². The molecular formula is C15H29O2. The molecule has 0 spiro atoms. The summed E-state index contributed by atoms with van der Waals surface area (Å²) in [5.41, 5.74) is 0.286. The van der Waals surface area contributed by atoms with Gasteiger partial charge in [-0.05, 0) is 24.2 Å². The Balaban J connectivity index is 3.58. The van der Waals surface area contributed by atoms with Crippen LogP contribution >= 0.6 is 0 Å². The average molecular weight is 241 g/mol. The van der Waals surface area contributed by atoms with Gasteiger partial charge in [0, 0.05) is 6.42 Å². The topological polar surface area (TPSA) is 26.3 Å². The van der Waals surface area contributed by atoms with Crippen LogP contribution in [0.1, 0.15) is 66.2 Å². The summed E-state index contributed by atoms with van der Waals surface area (Å²) in [4.78, 5) is 11.5. The van der Waals surface area contributed by atoms with E-state index in [-0.39, 0.29) is 11.4 Å². The highest BCUT2D eigenvalue weighted by atomic mass is 16.5. The quantitative estimate of drug-likeness (QED) is 0.465. The second-order valence-electron chi connectivity index (χ2n) is 6.21. The van der Waals surface area contributed by atoms with E-state index in [4.69, 9.17) is 4.74 Å². The predicted molar refractivity (Wildman–Crippen MR) is 72.6 cm³/mol. The molecule has 2 nitrogen and oxygen atoms in total. The molecule has 101 valence electrons. The van der Waals surface area contributed by atoms with Crippen LogP contribution in [-0.4, -0.2) is 12.6 Å². The van der Waals surface area contributed by atoms with E-state index < -0.39 is 0 Å². The molecule has 0 bridgehead atoms. The molecule has 0 saturated carbocycles. The van der Waals surface area contributed by atoms with Gasteiger partial charge < -0.3 is 4.74 Å². The number of hydrogen-bond acceptors (Lipinski definition) is 2. The number of ether oxygens (including phenoxy) is 1. The number of carbonyl (C=O) groups is 1. The molecule has 0 heterocycles. The molecule has 0 aliphatic rings. The van der Waals surface area contributed by atoms with E-state index in [1.807, 2.05) is 0 Å². The molecule has 0 aromatic rings. The van der Waals surface area contributed by atoms with Gasteiger partial charge in [0.25, 0.3) is 0 Å². The SMILES string of the molecule is [CH2]CCCCCOC(=O)CC(C)CC(C)(C)C. The van der Waals surface area contributed by atoms with Crippen LogP contribution in [0.2, 0.25) is 0 Å². The minimum atomic E-state index is -0.0450. The molecule has 0 fully saturated rings. The Morgan fingerprint density at radius 3 is 2.41 bits per heavy atom. The number of unbranched alkanes of at least 4 members (excludes halogenated alkanes) is 3. The highest BCUT2D eigenvalue weighted by molar-refractivity contribution is 5.69. The molecule has 0 amide bonds. The third-order valence-corrected chi connectivity index (χ3v) is 2.63. The smallest absolute Gasteiger partial charge is 0.306 e. The van der Waals surface area contributed by atoms with Crippen molar-refractivity contribution in [3.63, 3.8) is 0 Å². The third kappa shape index (κ3) is 11.7. The van der Waals surface area contributed by atoms with Crippen LogP contribution in [0.4, 0.5) is 0 Å². The van der Waals surface area contributed by atoms with Crippen molar-refractivity contribution in [1.82, 2.24) is 0 Å². The van der Waals surface area contributed by atoms with E-state index in [9.17, 15) is 4.79 Å². The number of carbonyl (C=O) groups excluding carboxylic acids is 1. The van der Waals surface area contributed by atoms with Gasteiger partial charge in [-0.15, -0.1) is 0 Å². The van der Waals surface area contributed by atoms with Crippen LogP contribution in [0.15, 0.2) is 0 Å². The van der Waals surface area contributed by atoms with E-state index in [0.29, 0.717) is 18.9 Å². The maximum absolute atomic E-state index is 11.5. The first-order valence-corrected chi connectivity index (χ1v) is 6.80. The Morgan fingerprint density at radius 2 is 1.88 bits per heavy atom. The van der Waals surface area contributed by atoms with Crippen LogP contribution in [0.5, 0.6) is 0 Å². The van der Waals surface area contributed by atoms with E-state index in [2.05, 4.69) is 34.6 Å². The van der Waals surface area contributed by atoms with Gasteiger partial charge in [0.05, 0.1) is 6.61 Å². The molecule has 1 unspecified atom stereocenters. The summed E-state index contributed by atoms with van der Waals surface area (Å²) >= 11 is 0. The summed E-state index contributed by atoms with van der Waals surface area (Å²) in [6.07, 6.45) is 5.77. The molecule has 0 aromatic carbocycles. The second-order valence-corrected chi connectivity index (χ2v) is 6.21. The second kappa shape index (κ2) is 8.54. The lowest BCUT2D eigenvalue weighted by Crippen LogP contribution is -2.16. The number of rotatable bonds is 8. The highest BCUT2D eigenvalue weighted by Crippen LogP contribution is 2.26. The Hall–Kier alpha value is -0.530. The Bertz CT molecular complexity index is 203. The lowest BCUT2D eigenvalue weighted by Gasteiger charge is -2.22. The van der Waals surface area contributed by atoms with Crippen molar-refractivity contribution in [2.24, 2.45) is 11.3 Å². The van der Waals surface area contributed by atoms with E-state index in [1.54, 1.807) is 0 Å². The van der Waals surface area contributed by atoms with Crippen LogP contribution in [0.3, 0.4) is 0 Å². The first-order chi connectivity index (χ1) is 7.85. The summed E-state index contributed by atoms with van der Waals surface area (Å²) in [5, 5.41) is 0. The van der Waals surface area contributed by atoms with Gasteiger partial charge in [-0.2, -0.15) is 0 Å². The van der Waals surface area contributed by atoms with Crippen molar-refractivity contribution in [3.05, 3.63) is 6.92 Å². The molecule has 0 saturated heterocycles. The van der Waals surface area contributed by atoms with Crippen molar-refractivity contribution >= 4 is 5.97 Å². The lowest BCUT2D eigenvalue weighted by atomic mass is 9.84. The molecule has 17 heavy (non-hydrogen) atoms. The lowest BCUT2D eigenvalue weighted by molar-refractivity contribution is -0.144. The van der Waals surface area contributed by atoms with Gasteiger partial charge in [-0.25, -0.2) is 0 Å². The summed E-state index contributed by atoms with van der Waals surface area (Å²) in [7, 11) is 0. The van der Waals surface area contributed by atoms with Crippen LogP contribution in [0.25, 0.3) is 0 Å². The molecule has 1 radical (unpaired) electrons. The zero-order valence-electron chi connectivity index (χ0n) is 12.1. The van der Waals surface area contributed by atoms with Crippen molar-refractivity contribution in [3.8, 4) is 0 Å². The summed E-state index contributed by atoms with van der Waals surface area (Å²) < 4.78 is 5.21. The van der Waals surface area contributed by atoms with Crippen molar-refractivity contribution in [2.45, 2.75) is 66.2 Å². The largest absolute Gasteiger partial charge is 0.466 e. The average Bonchev–Trinajstić information content (AvgIpc) is 2.14. The molecular weight excluding hydrogens is 212 g/mol. The number of esters is 1. The van der Waals surface area contributed by atoms with E-state index >= 15 is 0 Å². The zero-order valence-corrected chi connectivity index (χ0v) is 12.1. The van der Waals surface area contributed by atoms with Gasteiger partial charge >= 0.3 is 5.97 Å². The fraction of sp³-hybridized carbons (Fsp3) is 0.867. The maximum atomic E-state index is 11.5. The van der Waals surface area contributed by atoms with E-state index in [1.165, 1.54) is 0 Å². The molecule has 0 aliphatic carbocycles. The molecule has 0 aromatic heterocycles. The Labute approximate surface area is 107 Å². The normalized spacial score (nSPS) is 13.5. The van der Waals surface area contributed by atoms with Gasteiger partial charge in [-0.1, -0.05) is 53.9 Å². The predicted octanol–water partition coefficient (Wildman–Crippen LogP) is 4.39. The molecule has 0 N–H and O–H groups in total. The van der Waals surface area contributed by atoms with Crippen molar-refractivity contribution in [1.29, 1.82) is 0 Å². The summed E-state index contributed by atoms with van der Waals surface area (Å²) in [5.74, 6) is 0.360. The van der Waals surface area contributed by atoms with Crippen LogP contribution < -0.4 is 0 Å². The van der Waals surface area contributed by atoms with Crippen LogP contribution in [-0.2, 0) is 9.53 Å². The first-order valence-electron chi connectivity index (χ1n) is 6.80. The molecule has 0 aliphatic heterocycles. The van der Waals surface area contributed by atoms with Gasteiger partial charge in [-0.3, -0.25) is 4.79 Å². The van der Waals surface area contributed by atoms with Crippen molar-refractivity contribution in [2.75, 3.05) is 6.61 Å². The van der Waals surface area contributed by atoms with Gasteiger partial charge in [0.2, 0.25) is 0 Å². The third-order valence-electron chi connectivity index (χ3n) is 2.63. The molecule has 1 atom stereocenters. The van der Waals surface area contributed by atoms with Gasteiger partial charge in [0.1, 0.15) is 0 Å². The fourth-order valence-corrected chi connectivity index (χ4v) is 2.10. The molecule has 2 heteroatoms. The highest BCUT2D eigenvalue weighted by Gasteiger charge is 2.18. The maximum Gasteiger partial charge on any atom is 0.306 e. The Morgan fingerprint density at radius 1 is 1.24 bits per heavy atom. The fourth-order valence-electron chi connectivity index (χ4n) is 2.10. The summed E-state index contributed by atoms with van der Waals surface area (Å²) in [6, 6.07) is 0. The minimum Gasteiger partial charge on any atom is -0.466 e.